The molecule has 0 aromatic rings. The van der Waals surface area contributed by atoms with E-state index in [0.717, 1.165) is 38.6 Å². The Balaban J connectivity index is 2.07. The van der Waals surface area contributed by atoms with Crippen LogP contribution in [0, 0.1) is 0 Å². The van der Waals surface area contributed by atoms with E-state index in [1.807, 2.05) is 0 Å². The van der Waals surface area contributed by atoms with Crippen molar-refractivity contribution in [2.75, 3.05) is 13.2 Å². The van der Waals surface area contributed by atoms with Crippen LogP contribution >= 0.6 is 0 Å². The van der Waals surface area contributed by atoms with Crippen LogP contribution in [0.4, 0.5) is 13.2 Å². The first-order chi connectivity index (χ1) is 8.01. The Kier molecular flexibility index (Phi) is 6.27. The van der Waals surface area contributed by atoms with E-state index in [-0.39, 0.29) is 12.7 Å². The molecule has 0 aliphatic heterocycles. The largest absolute Gasteiger partial charge is 0.391 e. The third kappa shape index (κ3) is 6.88. The third-order valence-corrected chi connectivity index (χ3v) is 3.10. The van der Waals surface area contributed by atoms with E-state index in [1.54, 1.807) is 0 Å². The Labute approximate surface area is 101 Å². The topological polar surface area (TPSA) is 21.3 Å². The van der Waals surface area contributed by atoms with Crippen molar-refractivity contribution >= 4 is 0 Å². The summed E-state index contributed by atoms with van der Waals surface area (Å²) in [5, 5.41) is 3.44. The molecule has 17 heavy (non-hydrogen) atoms. The van der Waals surface area contributed by atoms with Crippen molar-refractivity contribution in [3.63, 3.8) is 0 Å². The molecule has 0 amide bonds. The predicted molar refractivity (Wildman–Crippen MR) is 61.0 cm³/mol. The molecule has 0 radical (unpaired) electrons. The smallest absolute Gasteiger partial charge is 0.378 e. The van der Waals surface area contributed by atoms with E-state index in [1.165, 1.54) is 0 Å². The SMILES string of the molecule is CCCNC1CCC(OCCC(F)(F)F)CC1. The second kappa shape index (κ2) is 7.21. The Hall–Kier alpha value is -0.290. The molecular formula is C12H22F3NO. The number of nitrogens with one attached hydrogen (secondary N) is 1. The van der Waals surface area contributed by atoms with Crippen molar-refractivity contribution in [2.45, 2.75) is 63.8 Å². The van der Waals surface area contributed by atoms with Gasteiger partial charge in [0.15, 0.2) is 0 Å². The van der Waals surface area contributed by atoms with E-state index < -0.39 is 12.6 Å². The summed E-state index contributed by atoms with van der Waals surface area (Å²) in [6.45, 7) is 2.95. The fourth-order valence-electron chi connectivity index (χ4n) is 2.12. The summed E-state index contributed by atoms with van der Waals surface area (Å²) in [5.74, 6) is 0. The lowest BCUT2D eigenvalue weighted by molar-refractivity contribution is -0.150. The van der Waals surface area contributed by atoms with Crippen LogP contribution in [-0.4, -0.2) is 31.5 Å². The van der Waals surface area contributed by atoms with Crippen LogP contribution in [0.15, 0.2) is 0 Å². The van der Waals surface area contributed by atoms with Gasteiger partial charge in [-0.25, -0.2) is 0 Å². The average Bonchev–Trinajstić information content (AvgIpc) is 2.26. The van der Waals surface area contributed by atoms with Gasteiger partial charge in [-0.1, -0.05) is 6.92 Å². The molecule has 0 heterocycles. The lowest BCUT2D eigenvalue weighted by atomic mass is 9.93. The molecule has 1 rings (SSSR count). The van der Waals surface area contributed by atoms with Crippen molar-refractivity contribution in [3.8, 4) is 0 Å². The minimum absolute atomic E-state index is 0.0250. The van der Waals surface area contributed by atoms with Gasteiger partial charge in [-0.2, -0.15) is 13.2 Å². The average molecular weight is 253 g/mol. The molecule has 0 bridgehead atoms. The molecule has 1 saturated carbocycles. The fraction of sp³-hybridized carbons (Fsp3) is 1.00. The molecule has 0 saturated heterocycles. The number of halogens is 3. The van der Waals surface area contributed by atoms with Crippen molar-refractivity contribution < 1.29 is 17.9 Å². The first-order valence-electron chi connectivity index (χ1n) is 6.43. The summed E-state index contributed by atoms with van der Waals surface area (Å²) in [6.07, 6.45) is -0.0218. The maximum Gasteiger partial charge on any atom is 0.391 e. The molecular weight excluding hydrogens is 231 g/mol. The van der Waals surface area contributed by atoms with E-state index in [9.17, 15) is 13.2 Å². The first-order valence-corrected chi connectivity index (χ1v) is 6.43. The molecule has 1 N–H and O–H groups in total. The summed E-state index contributed by atoms with van der Waals surface area (Å²) >= 11 is 0. The van der Waals surface area contributed by atoms with Gasteiger partial charge in [0.05, 0.1) is 19.1 Å². The van der Waals surface area contributed by atoms with Gasteiger partial charge in [-0.05, 0) is 38.6 Å². The first kappa shape index (κ1) is 14.8. The van der Waals surface area contributed by atoms with Crippen LogP contribution in [0.3, 0.4) is 0 Å². The van der Waals surface area contributed by atoms with E-state index in [2.05, 4.69) is 12.2 Å². The highest BCUT2D eigenvalue weighted by Crippen LogP contribution is 2.24. The van der Waals surface area contributed by atoms with Crippen molar-refractivity contribution in [3.05, 3.63) is 0 Å². The highest BCUT2D eigenvalue weighted by molar-refractivity contribution is 4.77. The summed E-state index contributed by atoms with van der Waals surface area (Å²) in [4.78, 5) is 0. The molecule has 1 aliphatic carbocycles. The maximum absolute atomic E-state index is 11.9. The van der Waals surface area contributed by atoms with Crippen molar-refractivity contribution in [1.82, 2.24) is 5.32 Å². The number of ether oxygens (including phenoxy) is 1. The van der Waals surface area contributed by atoms with Crippen LogP contribution < -0.4 is 5.32 Å². The van der Waals surface area contributed by atoms with Crippen LogP contribution in [0.5, 0.6) is 0 Å². The van der Waals surface area contributed by atoms with Gasteiger partial charge >= 0.3 is 6.18 Å². The Bertz CT molecular complexity index is 200. The highest BCUT2D eigenvalue weighted by atomic mass is 19.4. The molecule has 0 aromatic carbocycles. The number of rotatable bonds is 6. The molecule has 0 spiro atoms. The molecule has 0 unspecified atom stereocenters. The zero-order valence-electron chi connectivity index (χ0n) is 10.4. The minimum atomic E-state index is -4.10. The lowest BCUT2D eigenvalue weighted by Crippen LogP contribution is -2.36. The standard InChI is InChI=1S/C12H22F3NO/c1-2-8-16-10-3-5-11(6-4-10)17-9-7-12(13,14)15/h10-11,16H,2-9H2,1H3. The van der Waals surface area contributed by atoms with Crippen LogP contribution in [-0.2, 0) is 4.74 Å². The summed E-state index contributed by atoms with van der Waals surface area (Å²) in [7, 11) is 0. The molecule has 102 valence electrons. The Morgan fingerprint density at radius 1 is 1.18 bits per heavy atom. The third-order valence-electron chi connectivity index (χ3n) is 3.10. The van der Waals surface area contributed by atoms with Gasteiger partial charge in [-0.3, -0.25) is 0 Å². The summed E-state index contributed by atoms with van der Waals surface area (Å²) in [5.41, 5.74) is 0. The molecule has 2 nitrogen and oxygen atoms in total. The lowest BCUT2D eigenvalue weighted by Gasteiger charge is -2.29. The van der Waals surface area contributed by atoms with Crippen LogP contribution in [0.25, 0.3) is 0 Å². The minimum Gasteiger partial charge on any atom is -0.378 e. The second-order valence-electron chi connectivity index (χ2n) is 4.66. The molecule has 1 aliphatic rings. The van der Waals surface area contributed by atoms with Gasteiger partial charge in [0.2, 0.25) is 0 Å². The Morgan fingerprint density at radius 2 is 1.82 bits per heavy atom. The quantitative estimate of drug-likeness (QED) is 0.784. The summed E-state index contributed by atoms with van der Waals surface area (Å²) < 4.78 is 41.0. The van der Waals surface area contributed by atoms with E-state index in [4.69, 9.17) is 4.74 Å². The van der Waals surface area contributed by atoms with Crippen molar-refractivity contribution in [1.29, 1.82) is 0 Å². The van der Waals surface area contributed by atoms with Gasteiger partial charge in [0.1, 0.15) is 0 Å². The highest BCUT2D eigenvalue weighted by Gasteiger charge is 2.28. The number of hydrogen-bond acceptors (Lipinski definition) is 2. The zero-order chi connectivity index (χ0) is 12.7. The van der Waals surface area contributed by atoms with Crippen molar-refractivity contribution in [2.24, 2.45) is 0 Å². The van der Waals surface area contributed by atoms with Crippen LogP contribution in [0.1, 0.15) is 45.4 Å². The van der Waals surface area contributed by atoms with Gasteiger partial charge < -0.3 is 10.1 Å². The molecule has 5 heteroatoms. The monoisotopic (exact) mass is 253 g/mol. The number of hydrogen-bond donors (Lipinski definition) is 1. The molecule has 1 fully saturated rings. The van der Waals surface area contributed by atoms with Gasteiger partial charge in [0.25, 0.3) is 0 Å². The second-order valence-corrected chi connectivity index (χ2v) is 4.66. The summed E-state index contributed by atoms with van der Waals surface area (Å²) in [6, 6.07) is 0.525. The van der Waals surface area contributed by atoms with Gasteiger partial charge in [-0.15, -0.1) is 0 Å². The number of alkyl halides is 3. The van der Waals surface area contributed by atoms with Crippen LogP contribution in [0.2, 0.25) is 0 Å². The fourth-order valence-corrected chi connectivity index (χ4v) is 2.12. The molecule has 0 atom stereocenters. The van der Waals surface area contributed by atoms with Gasteiger partial charge in [0, 0.05) is 6.04 Å². The van der Waals surface area contributed by atoms with E-state index in [0.29, 0.717) is 6.04 Å². The maximum atomic E-state index is 11.9. The zero-order valence-corrected chi connectivity index (χ0v) is 10.4. The molecule has 0 aromatic heterocycles. The van der Waals surface area contributed by atoms with E-state index >= 15 is 0 Å². The normalized spacial score (nSPS) is 26.1. The predicted octanol–water partition coefficient (Wildman–Crippen LogP) is 3.27. The Morgan fingerprint density at radius 3 is 2.35 bits per heavy atom.